The van der Waals surface area contributed by atoms with Gasteiger partial charge in [-0.3, -0.25) is 4.79 Å². The minimum Gasteiger partial charge on any atom is -0.381 e. The van der Waals surface area contributed by atoms with Crippen LogP contribution < -0.4 is 5.32 Å². The number of rotatable bonds is 5. The van der Waals surface area contributed by atoms with Gasteiger partial charge in [0, 0.05) is 56.6 Å². The molecule has 0 aliphatic carbocycles. The van der Waals surface area contributed by atoms with Crippen LogP contribution in [0.1, 0.15) is 50.3 Å². The lowest BCUT2D eigenvalue weighted by Crippen LogP contribution is -2.35. The predicted octanol–water partition coefficient (Wildman–Crippen LogP) is 2.86. The van der Waals surface area contributed by atoms with E-state index in [1.165, 1.54) is 0 Å². The Bertz CT molecular complexity index is 825. The summed E-state index contributed by atoms with van der Waals surface area (Å²) in [5.74, 6) is 0.252. The summed E-state index contributed by atoms with van der Waals surface area (Å²) in [6.07, 6.45) is 6.64. The predicted molar refractivity (Wildman–Crippen MR) is 105 cm³/mol. The monoisotopic (exact) mass is 371 g/mol. The molecule has 0 atom stereocenters. The Morgan fingerprint density at radius 2 is 2.11 bits per heavy atom. The molecule has 0 radical (unpaired) electrons. The summed E-state index contributed by atoms with van der Waals surface area (Å²) in [7, 11) is 0. The van der Waals surface area contributed by atoms with Crippen molar-refractivity contribution in [1.29, 1.82) is 0 Å². The average molecular weight is 371 g/mol. The summed E-state index contributed by atoms with van der Waals surface area (Å²) in [5, 5.41) is 9.33. The molecule has 146 valence electrons. The first-order valence-electron chi connectivity index (χ1n) is 10.1. The Labute approximate surface area is 160 Å². The number of likely N-dealkylation sites (tertiary alicyclic amines) is 1. The molecular formula is C20H29N5O2. The smallest absolute Gasteiger partial charge is 0.222 e. The van der Waals surface area contributed by atoms with Gasteiger partial charge in [0.05, 0.1) is 17.3 Å². The van der Waals surface area contributed by atoms with E-state index in [-0.39, 0.29) is 5.91 Å². The van der Waals surface area contributed by atoms with Crippen LogP contribution >= 0.6 is 0 Å². The Balaban J connectivity index is 1.74. The molecule has 0 bridgehead atoms. The largest absolute Gasteiger partial charge is 0.381 e. The number of ether oxygens (including phenoxy) is 1. The molecule has 2 aliphatic rings. The summed E-state index contributed by atoms with van der Waals surface area (Å²) in [5.41, 5.74) is 4.12. The number of anilines is 1. The highest BCUT2D eigenvalue weighted by molar-refractivity contribution is 5.91. The number of aryl methyl sites for hydroxylation is 2. The molecule has 7 heteroatoms. The van der Waals surface area contributed by atoms with Gasteiger partial charge in [0.1, 0.15) is 0 Å². The molecular weight excluding hydrogens is 342 g/mol. The minimum absolute atomic E-state index is 0.252. The summed E-state index contributed by atoms with van der Waals surface area (Å²) in [6, 6.07) is 0.379. The third-order valence-corrected chi connectivity index (χ3v) is 5.73. The molecule has 2 fully saturated rings. The molecule has 0 saturated carbocycles. The molecule has 2 aromatic heterocycles. The molecule has 27 heavy (non-hydrogen) atoms. The van der Waals surface area contributed by atoms with Crippen molar-refractivity contribution in [2.45, 2.75) is 65.1 Å². The normalized spacial score (nSPS) is 19.0. The van der Waals surface area contributed by atoms with E-state index in [0.717, 1.165) is 80.0 Å². The fourth-order valence-corrected chi connectivity index (χ4v) is 4.10. The van der Waals surface area contributed by atoms with E-state index in [0.29, 0.717) is 19.0 Å². The third kappa shape index (κ3) is 3.65. The maximum atomic E-state index is 12.4. The van der Waals surface area contributed by atoms with Crippen LogP contribution in [0.4, 0.5) is 5.69 Å². The minimum atomic E-state index is 0.252. The van der Waals surface area contributed by atoms with E-state index in [1.54, 1.807) is 0 Å². The van der Waals surface area contributed by atoms with E-state index in [1.807, 2.05) is 22.7 Å². The van der Waals surface area contributed by atoms with Crippen LogP contribution in [-0.4, -0.2) is 51.4 Å². The maximum Gasteiger partial charge on any atom is 0.222 e. The van der Waals surface area contributed by atoms with Gasteiger partial charge in [-0.1, -0.05) is 0 Å². The number of hydrogen-bond donors (Lipinski definition) is 1. The zero-order valence-electron chi connectivity index (χ0n) is 16.3. The van der Waals surface area contributed by atoms with Gasteiger partial charge in [-0.25, -0.2) is 9.67 Å². The van der Waals surface area contributed by atoms with Gasteiger partial charge < -0.3 is 15.0 Å². The molecule has 1 amide bonds. The quantitative estimate of drug-likeness (QED) is 0.875. The van der Waals surface area contributed by atoms with Gasteiger partial charge in [0.15, 0.2) is 5.65 Å². The van der Waals surface area contributed by atoms with Crippen LogP contribution in [-0.2, 0) is 22.6 Å². The number of pyridine rings is 1. The number of carbonyl (C=O) groups is 1. The molecule has 1 N–H and O–H groups in total. The van der Waals surface area contributed by atoms with Crippen LogP contribution in [0.3, 0.4) is 0 Å². The number of aromatic nitrogens is 3. The number of fused-ring (bicyclic) bond motifs is 1. The van der Waals surface area contributed by atoms with Gasteiger partial charge in [-0.15, -0.1) is 0 Å². The summed E-state index contributed by atoms with van der Waals surface area (Å²) < 4.78 is 7.45. The lowest BCUT2D eigenvalue weighted by atomic mass is 10.0. The van der Waals surface area contributed by atoms with Gasteiger partial charge in [-0.2, -0.15) is 5.10 Å². The summed E-state index contributed by atoms with van der Waals surface area (Å²) in [4.78, 5) is 19.2. The molecule has 0 aromatic carbocycles. The van der Waals surface area contributed by atoms with Gasteiger partial charge in [-0.05, 0) is 39.5 Å². The Kier molecular flexibility index (Phi) is 5.29. The van der Waals surface area contributed by atoms with Crippen LogP contribution in [0.2, 0.25) is 0 Å². The zero-order chi connectivity index (χ0) is 18.8. The van der Waals surface area contributed by atoms with Gasteiger partial charge in [0.25, 0.3) is 0 Å². The second-order valence-corrected chi connectivity index (χ2v) is 7.55. The molecule has 4 heterocycles. The number of hydrogen-bond acceptors (Lipinski definition) is 5. The van der Waals surface area contributed by atoms with Crippen LogP contribution in [0.25, 0.3) is 11.0 Å². The lowest BCUT2D eigenvalue weighted by Gasteiger charge is -2.30. The first-order valence-corrected chi connectivity index (χ1v) is 10.1. The maximum absolute atomic E-state index is 12.4. The van der Waals surface area contributed by atoms with Crippen LogP contribution in [0.5, 0.6) is 0 Å². The van der Waals surface area contributed by atoms with Crippen molar-refractivity contribution in [2.75, 3.05) is 25.1 Å². The molecule has 4 rings (SSSR count). The lowest BCUT2D eigenvalue weighted by molar-refractivity contribution is -0.133. The van der Waals surface area contributed by atoms with E-state index in [4.69, 9.17) is 9.72 Å². The summed E-state index contributed by atoms with van der Waals surface area (Å²) in [6.45, 7) is 7.95. The van der Waals surface area contributed by atoms with Crippen molar-refractivity contribution < 1.29 is 9.53 Å². The zero-order valence-corrected chi connectivity index (χ0v) is 16.3. The number of amides is 1. The van der Waals surface area contributed by atoms with Gasteiger partial charge >= 0.3 is 0 Å². The number of piperidine rings is 1. The molecule has 2 saturated heterocycles. The van der Waals surface area contributed by atoms with Crippen LogP contribution in [0.15, 0.2) is 6.20 Å². The van der Waals surface area contributed by atoms with Crippen molar-refractivity contribution in [2.24, 2.45) is 0 Å². The van der Waals surface area contributed by atoms with Crippen molar-refractivity contribution in [3.05, 3.63) is 17.5 Å². The second kappa shape index (κ2) is 7.84. The summed E-state index contributed by atoms with van der Waals surface area (Å²) >= 11 is 0. The van der Waals surface area contributed by atoms with Crippen molar-refractivity contribution in [3.63, 3.8) is 0 Å². The molecule has 0 spiro atoms. The van der Waals surface area contributed by atoms with E-state index >= 15 is 0 Å². The van der Waals surface area contributed by atoms with Crippen molar-refractivity contribution >= 4 is 22.6 Å². The number of carbonyl (C=O) groups excluding carboxylic acids is 1. The first kappa shape index (κ1) is 18.2. The van der Waals surface area contributed by atoms with Crippen LogP contribution in [0, 0.1) is 6.92 Å². The molecule has 2 aromatic rings. The van der Waals surface area contributed by atoms with E-state index < -0.39 is 0 Å². The number of nitrogens with zero attached hydrogens (tertiary/aromatic N) is 4. The topological polar surface area (TPSA) is 72.3 Å². The Morgan fingerprint density at radius 1 is 1.30 bits per heavy atom. The SMILES string of the molecule is CCn1ncc2c(NC3CCOCC3)c(CN3CCCCC3=O)c(C)nc21. The molecule has 0 unspecified atom stereocenters. The third-order valence-electron chi connectivity index (χ3n) is 5.73. The van der Waals surface area contributed by atoms with Gasteiger partial charge in [0.2, 0.25) is 5.91 Å². The van der Waals surface area contributed by atoms with Crippen molar-refractivity contribution in [1.82, 2.24) is 19.7 Å². The highest BCUT2D eigenvalue weighted by Crippen LogP contribution is 2.32. The first-order chi connectivity index (χ1) is 13.2. The Hall–Kier alpha value is -2.15. The van der Waals surface area contributed by atoms with E-state index in [9.17, 15) is 4.79 Å². The average Bonchev–Trinajstić information content (AvgIpc) is 3.09. The number of nitrogens with one attached hydrogen (secondary N) is 1. The molecule has 2 aliphatic heterocycles. The highest BCUT2D eigenvalue weighted by atomic mass is 16.5. The standard InChI is InChI=1S/C20H29N5O2/c1-3-25-20-16(12-21-25)19(23-15-7-10-27-11-8-15)17(14(2)22-20)13-24-9-5-4-6-18(24)26/h12,15H,3-11,13H2,1-2H3,(H,22,23). The molecule has 7 nitrogen and oxygen atoms in total. The highest BCUT2D eigenvalue weighted by Gasteiger charge is 2.24. The second-order valence-electron chi connectivity index (χ2n) is 7.55. The fourth-order valence-electron chi connectivity index (χ4n) is 4.10. The van der Waals surface area contributed by atoms with E-state index in [2.05, 4.69) is 17.3 Å². The Morgan fingerprint density at radius 3 is 2.85 bits per heavy atom. The van der Waals surface area contributed by atoms with Crippen molar-refractivity contribution in [3.8, 4) is 0 Å². The fraction of sp³-hybridized carbons (Fsp3) is 0.650.